The van der Waals surface area contributed by atoms with E-state index in [0.717, 1.165) is 11.1 Å². The summed E-state index contributed by atoms with van der Waals surface area (Å²) in [6, 6.07) is 9.23. The average Bonchev–Trinajstić information content (AvgIpc) is 2.99. The summed E-state index contributed by atoms with van der Waals surface area (Å²) in [5, 5.41) is 0. The normalized spacial score (nSPS) is 25.2. The van der Waals surface area contributed by atoms with Crippen LogP contribution in [0.15, 0.2) is 24.3 Å². The van der Waals surface area contributed by atoms with Crippen LogP contribution in [0.5, 0.6) is 0 Å². The molecule has 0 aromatic heterocycles. The Morgan fingerprint density at radius 3 is 2.47 bits per heavy atom. The number of aryl methyl sites for hydroxylation is 1. The molecular weight excluding hydrogens is 220 g/mol. The highest BCUT2D eigenvalue weighted by atomic mass is 28.3. The van der Waals surface area contributed by atoms with Gasteiger partial charge < -0.3 is 0 Å². The van der Waals surface area contributed by atoms with E-state index in [1.165, 1.54) is 38.5 Å². The Kier molecular flexibility index (Phi) is 2.90. The highest BCUT2D eigenvalue weighted by Crippen LogP contribution is 2.49. The van der Waals surface area contributed by atoms with Crippen LogP contribution in [0.3, 0.4) is 0 Å². The largest absolute Gasteiger partial charge is 0.0687 e. The molecule has 17 heavy (non-hydrogen) atoms. The van der Waals surface area contributed by atoms with Gasteiger partial charge in [-0.2, -0.15) is 0 Å². The summed E-state index contributed by atoms with van der Waals surface area (Å²) in [5.74, 6) is 0. The first-order valence-corrected chi connectivity index (χ1v) is 10.4. The lowest BCUT2D eigenvalue weighted by atomic mass is 10.1. The Hall–Kier alpha value is -0.563. The molecule has 1 heteroatoms. The molecule has 0 aliphatic heterocycles. The van der Waals surface area contributed by atoms with Crippen molar-refractivity contribution in [1.82, 2.24) is 0 Å². The van der Waals surface area contributed by atoms with Gasteiger partial charge in [0.05, 0.1) is 8.07 Å². The van der Waals surface area contributed by atoms with Crippen LogP contribution >= 0.6 is 0 Å². The maximum Gasteiger partial charge on any atom is 0.0582 e. The van der Waals surface area contributed by atoms with Gasteiger partial charge >= 0.3 is 0 Å². The molecule has 92 valence electrons. The second-order valence-electron chi connectivity index (χ2n) is 6.59. The van der Waals surface area contributed by atoms with Crippen LogP contribution in [0, 0.1) is 0 Å². The van der Waals surface area contributed by atoms with Crippen LogP contribution in [-0.4, -0.2) is 8.07 Å². The van der Waals surface area contributed by atoms with Crippen molar-refractivity contribution >= 4 is 8.07 Å². The molecular formula is C16H24Si. The third-order valence-electron chi connectivity index (χ3n) is 5.44. The van der Waals surface area contributed by atoms with Crippen molar-refractivity contribution in [3.8, 4) is 0 Å². The SMILES string of the molecule is C[Si](C)(C1CCCC1)C1CCc2ccccc21. The molecule has 1 fully saturated rings. The van der Waals surface area contributed by atoms with E-state index in [2.05, 4.69) is 37.4 Å². The average molecular weight is 244 g/mol. The molecule has 0 nitrogen and oxygen atoms in total. The van der Waals surface area contributed by atoms with E-state index in [4.69, 9.17) is 0 Å². The van der Waals surface area contributed by atoms with E-state index in [0.29, 0.717) is 0 Å². The second-order valence-corrected chi connectivity index (χ2v) is 11.7. The highest BCUT2D eigenvalue weighted by molar-refractivity contribution is 6.80. The first-order chi connectivity index (χ1) is 8.19. The lowest BCUT2D eigenvalue weighted by Gasteiger charge is -2.36. The van der Waals surface area contributed by atoms with E-state index >= 15 is 0 Å². The zero-order chi connectivity index (χ0) is 11.9. The zero-order valence-corrected chi connectivity index (χ0v) is 12.2. The maximum atomic E-state index is 2.66. The topological polar surface area (TPSA) is 0 Å². The standard InChI is InChI=1S/C16H24Si/c1-17(2,14-8-4-5-9-14)16-12-11-13-7-3-6-10-15(13)16/h3,6-7,10,14,16H,4-5,8-9,11-12H2,1-2H3. The number of hydrogen-bond donors (Lipinski definition) is 0. The van der Waals surface area contributed by atoms with Gasteiger partial charge in [-0.05, 0) is 35.1 Å². The van der Waals surface area contributed by atoms with E-state index in [-0.39, 0.29) is 0 Å². The summed E-state index contributed by atoms with van der Waals surface area (Å²) < 4.78 is 0. The first kappa shape index (κ1) is 11.5. The van der Waals surface area contributed by atoms with Crippen molar-refractivity contribution in [1.29, 1.82) is 0 Å². The molecule has 1 aromatic carbocycles. The Labute approximate surface area is 106 Å². The van der Waals surface area contributed by atoms with Crippen molar-refractivity contribution in [2.45, 2.75) is 62.7 Å². The highest BCUT2D eigenvalue weighted by Gasteiger charge is 2.43. The number of hydrogen-bond acceptors (Lipinski definition) is 0. The second kappa shape index (κ2) is 4.27. The van der Waals surface area contributed by atoms with E-state index in [1.807, 2.05) is 0 Å². The minimum absolute atomic E-state index is 0.946. The molecule has 1 unspecified atom stereocenters. The molecule has 1 atom stereocenters. The van der Waals surface area contributed by atoms with Gasteiger partial charge in [0.2, 0.25) is 0 Å². The third-order valence-corrected chi connectivity index (χ3v) is 10.5. The van der Waals surface area contributed by atoms with Gasteiger partial charge in [0, 0.05) is 0 Å². The molecule has 0 radical (unpaired) electrons. The summed E-state index contributed by atoms with van der Waals surface area (Å²) in [6.45, 7) is 5.32. The summed E-state index contributed by atoms with van der Waals surface area (Å²) in [6.07, 6.45) is 8.82. The van der Waals surface area contributed by atoms with Crippen LogP contribution in [0.25, 0.3) is 0 Å². The van der Waals surface area contributed by atoms with Crippen molar-refractivity contribution in [2.75, 3.05) is 0 Å². The fraction of sp³-hybridized carbons (Fsp3) is 0.625. The predicted octanol–water partition coefficient (Wildman–Crippen LogP) is 4.91. The van der Waals surface area contributed by atoms with Gasteiger partial charge in [-0.25, -0.2) is 0 Å². The molecule has 2 aliphatic rings. The zero-order valence-electron chi connectivity index (χ0n) is 11.2. The lowest BCUT2D eigenvalue weighted by Crippen LogP contribution is -2.38. The Balaban J connectivity index is 1.90. The minimum Gasteiger partial charge on any atom is -0.0687 e. The fourth-order valence-corrected chi connectivity index (χ4v) is 8.72. The molecule has 1 aromatic rings. The number of fused-ring (bicyclic) bond motifs is 1. The molecule has 0 saturated heterocycles. The van der Waals surface area contributed by atoms with Crippen molar-refractivity contribution < 1.29 is 0 Å². The summed E-state index contributed by atoms with van der Waals surface area (Å²) in [7, 11) is -1.09. The summed E-state index contributed by atoms with van der Waals surface area (Å²) in [4.78, 5) is 0. The molecule has 0 spiro atoms. The monoisotopic (exact) mass is 244 g/mol. The molecule has 0 bridgehead atoms. The molecule has 3 rings (SSSR count). The molecule has 1 saturated carbocycles. The van der Waals surface area contributed by atoms with E-state index in [1.54, 1.807) is 11.1 Å². The smallest absolute Gasteiger partial charge is 0.0582 e. The van der Waals surface area contributed by atoms with Crippen molar-refractivity contribution in [3.05, 3.63) is 35.4 Å². The third kappa shape index (κ3) is 1.89. The predicted molar refractivity (Wildman–Crippen MR) is 77.2 cm³/mol. The van der Waals surface area contributed by atoms with Gasteiger partial charge in [-0.3, -0.25) is 0 Å². The first-order valence-electron chi connectivity index (χ1n) is 7.27. The maximum absolute atomic E-state index is 2.66. The molecule has 0 N–H and O–H groups in total. The minimum atomic E-state index is -1.09. The molecule has 2 aliphatic carbocycles. The van der Waals surface area contributed by atoms with Crippen LogP contribution in [-0.2, 0) is 6.42 Å². The quantitative estimate of drug-likeness (QED) is 0.649. The number of rotatable bonds is 2. The van der Waals surface area contributed by atoms with E-state index in [9.17, 15) is 0 Å². The van der Waals surface area contributed by atoms with Gasteiger partial charge in [0.25, 0.3) is 0 Å². The van der Waals surface area contributed by atoms with Crippen LogP contribution in [0.2, 0.25) is 18.6 Å². The Bertz CT molecular complexity index is 402. The van der Waals surface area contributed by atoms with E-state index < -0.39 is 8.07 Å². The number of benzene rings is 1. The van der Waals surface area contributed by atoms with Crippen LogP contribution < -0.4 is 0 Å². The summed E-state index contributed by atoms with van der Waals surface area (Å²) in [5.41, 5.74) is 5.41. The van der Waals surface area contributed by atoms with Crippen molar-refractivity contribution in [3.63, 3.8) is 0 Å². The summed E-state index contributed by atoms with van der Waals surface area (Å²) >= 11 is 0. The Morgan fingerprint density at radius 2 is 1.71 bits per heavy atom. The van der Waals surface area contributed by atoms with Gasteiger partial charge in [0.1, 0.15) is 0 Å². The molecule has 0 amide bonds. The van der Waals surface area contributed by atoms with Crippen molar-refractivity contribution in [2.24, 2.45) is 0 Å². The van der Waals surface area contributed by atoms with Gasteiger partial charge in [0.15, 0.2) is 0 Å². The lowest BCUT2D eigenvalue weighted by molar-refractivity contribution is 0.762. The van der Waals surface area contributed by atoms with Gasteiger partial charge in [-0.1, -0.05) is 63.0 Å². The fourth-order valence-electron chi connectivity index (χ4n) is 4.28. The van der Waals surface area contributed by atoms with Crippen LogP contribution in [0.4, 0.5) is 0 Å². The molecule has 0 heterocycles. The van der Waals surface area contributed by atoms with Crippen LogP contribution in [0.1, 0.15) is 48.8 Å². The Morgan fingerprint density at radius 1 is 1.00 bits per heavy atom. The van der Waals surface area contributed by atoms with Gasteiger partial charge in [-0.15, -0.1) is 0 Å².